The van der Waals surface area contributed by atoms with Crippen LogP contribution in [0.5, 0.6) is 11.5 Å². The first kappa shape index (κ1) is 14.9. The second-order valence-electron chi connectivity index (χ2n) is 4.39. The van der Waals surface area contributed by atoms with E-state index in [0.717, 1.165) is 15.7 Å². The van der Waals surface area contributed by atoms with Crippen LogP contribution in [-0.4, -0.2) is 34.7 Å². The van der Waals surface area contributed by atoms with E-state index in [2.05, 4.69) is 20.9 Å². The first-order valence-corrected chi connectivity index (χ1v) is 7.84. The van der Waals surface area contributed by atoms with Crippen molar-refractivity contribution in [3.63, 3.8) is 0 Å². The molecule has 0 atom stereocenters. The van der Waals surface area contributed by atoms with Gasteiger partial charge in [-0.05, 0) is 28.1 Å². The van der Waals surface area contributed by atoms with E-state index in [1.807, 2.05) is 17.5 Å². The van der Waals surface area contributed by atoms with Crippen LogP contribution < -0.4 is 9.47 Å². The largest absolute Gasteiger partial charge is 0.496 e. The maximum absolute atomic E-state index is 11.1. The van der Waals surface area contributed by atoms with Crippen molar-refractivity contribution in [2.75, 3.05) is 14.2 Å². The minimum atomic E-state index is -1.05. The topological polar surface area (TPSA) is 73.1 Å². The number of carboxylic acids is 1. The molecule has 0 aliphatic heterocycles. The summed E-state index contributed by atoms with van der Waals surface area (Å²) in [6.07, 6.45) is 1.50. The molecule has 0 bridgehead atoms. The van der Waals surface area contributed by atoms with E-state index in [0.29, 0.717) is 16.5 Å². The predicted octanol–water partition coefficient (Wildman–Crippen LogP) is 3.54. The van der Waals surface area contributed by atoms with Crippen LogP contribution in [0.1, 0.15) is 10.5 Å². The highest BCUT2D eigenvalue weighted by atomic mass is 79.9. The van der Waals surface area contributed by atoms with Crippen LogP contribution in [0.2, 0.25) is 0 Å². The number of imidazole rings is 1. The lowest BCUT2D eigenvalue weighted by molar-refractivity contribution is 0.0691. The zero-order chi connectivity index (χ0) is 15.9. The summed E-state index contributed by atoms with van der Waals surface area (Å²) in [7, 11) is 3.16. The van der Waals surface area contributed by atoms with E-state index in [9.17, 15) is 4.79 Å². The number of fused-ring (bicyclic) bond motifs is 1. The Labute approximate surface area is 138 Å². The van der Waals surface area contributed by atoms with Gasteiger partial charge in [0.1, 0.15) is 11.5 Å². The first-order chi connectivity index (χ1) is 10.5. The standard InChI is InChI=1S/C14H11BrN2O4S/c1-20-11-4-8(15)12(21-2)3-7(11)10-6-22-14-16-9(13(18)19)5-17(10)14/h3-6H,1-2H3,(H,18,19). The van der Waals surface area contributed by atoms with Gasteiger partial charge < -0.3 is 14.6 Å². The summed E-state index contributed by atoms with van der Waals surface area (Å²) < 4.78 is 13.3. The monoisotopic (exact) mass is 382 g/mol. The third-order valence-corrected chi connectivity index (χ3v) is 4.64. The fourth-order valence-corrected chi connectivity index (χ4v) is 3.50. The average Bonchev–Trinajstić information content (AvgIpc) is 3.07. The van der Waals surface area contributed by atoms with E-state index in [-0.39, 0.29) is 5.69 Å². The summed E-state index contributed by atoms with van der Waals surface area (Å²) >= 11 is 4.78. The molecular weight excluding hydrogens is 372 g/mol. The SMILES string of the molecule is COc1cc(-c2csc3nc(C(=O)O)cn23)c(OC)cc1Br. The van der Waals surface area contributed by atoms with Crippen molar-refractivity contribution in [2.45, 2.75) is 0 Å². The molecule has 22 heavy (non-hydrogen) atoms. The molecule has 0 unspecified atom stereocenters. The number of methoxy groups -OCH3 is 2. The number of ether oxygens (including phenoxy) is 2. The Morgan fingerprint density at radius 2 is 2.05 bits per heavy atom. The fourth-order valence-electron chi connectivity index (χ4n) is 2.14. The number of carbonyl (C=O) groups is 1. The van der Waals surface area contributed by atoms with Gasteiger partial charge in [-0.2, -0.15) is 0 Å². The molecule has 3 rings (SSSR count). The van der Waals surface area contributed by atoms with E-state index in [1.165, 1.54) is 17.5 Å². The summed E-state index contributed by atoms with van der Waals surface area (Å²) in [4.78, 5) is 15.7. The molecule has 0 radical (unpaired) electrons. The summed E-state index contributed by atoms with van der Waals surface area (Å²) in [6, 6.07) is 3.65. The normalized spacial score (nSPS) is 10.9. The summed E-state index contributed by atoms with van der Waals surface area (Å²) in [5.74, 6) is 0.258. The molecular formula is C14H11BrN2O4S. The van der Waals surface area contributed by atoms with Gasteiger partial charge in [0.05, 0.1) is 24.4 Å². The lowest BCUT2D eigenvalue weighted by Gasteiger charge is -2.11. The van der Waals surface area contributed by atoms with Crippen LogP contribution >= 0.6 is 27.3 Å². The van der Waals surface area contributed by atoms with Crippen molar-refractivity contribution >= 4 is 38.2 Å². The Kier molecular flexibility index (Phi) is 3.79. The van der Waals surface area contributed by atoms with Gasteiger partial charge in [0.15, 0.2) is 10.7 Å². The minimum absolute atomic E-state index is 0.0103. The van der Waals surface area contributed by atoms with Crippen molar-refractivity contribution in [2.24, 2.45) is 0 Å². The highest BCUT2D eigenvalue weighted by molar-refractivity contribution is 9.10. The number of carboxylic acid groups (broad SMARTS) is 1. The number of aromatic nitrogens is 2. The lowest BCUT2D eigenvalue weighted by atomic mass is 10.1. The number of halogens is 1. The van der Waals surface area contributed by atoms with Gasteiger partial charge in [-0.15, -0.1) is 11.3 Å². The number of thiazole rings is 1. The van der Waals surface area contributed by atoms with Gasteiger partial charge in [-0.25, -0.2) is 9.78 Å². The van der Waals surface area contributed by atoms with Gasteiger partial charge in [-0.1, -0.05) is 0 Å². The molecule has 0 saturated heterocycles. The molecule has 0 aliphatic rings. The van der Waals surface area contributed by atoms with Crippen LogP contribution in [0.4, 0.5) is 0 Å². The highest BCUT2D eigenvalue weighted by Gasteiger charge is 2.18. The number of nitrogens with zero attached hydrogens (tertiary/aromatic N) is 2. The number of hydrogen-bond acceptors (Lipinski definition) is 5. The molecule has 0 fully saturated rings. The Morgan fingerprint density at radius 1 is 1.32 bits per heavy atom. The lowest BCUT2D eigenvalue weighted by Crippen LogP contribution is -1.96. The van der Waals surface area contributed by atoms with Crippen LogP contribution in [0.15, 0.2) is 28.2 Å². The Balaban J connectivity index is 2.24. The molecule has 0 aliphatic carbocycles. The minimum Gasteiger partial charge on any atom is -0.496 e. The van der Waals surface area contributed by atoms with E-state index >= 15 is 0 Å². The molecule has 0 saturated carbocycles. The third kappa shape index (κ3) is 2.34. The third-order valence-electron chi connectivity index (χ3n) is 3.18. The van der Waals surface area contributed by atoms with Gasteiger partial charge in [0.2, 0.25) is 0 Å². The molecule has 114 valence electrons. The van der Waals surface area contributed by atoms with Crippen LogP contribution in [0.25, 0.3) is 16.2 Å². The van der Waals surface area contributed by atoms with Crippen molar-refractivity contribution < 1.29 is 19.4 Å². The summed E-state index contributed by atoms with van der Waals surface area (Å²) in [6.45, 7) is 0. The van der Waals surface area contributed by atoms with Crippen molar-refractivity contribution in [1.82, 2.24) is 9.38 Å². The van der Waals surface area contributed by atoms with Gasteiger partial charge in [0.25, 0.3) is 0 Å². The molecule has 2 heterocycles. The first-order valence-electron chi connectivity index (χ1n) is 6.17. The molecule has 0 spiro atoms. The molecule has 6 nitrogen and oxygen atoms in total. The van der Waals surface area contributed by atoms with Gasteiger partial charge in [0, 0.05) is 17.1 Å². The maximum Gasteiger partial charge on any atom is 0.356 e. The Bertz CT molecular complexity index is 871. The van der Waals surface area contributed by atoms with Crippen molar-refractivity contribution in [1.29, 1.82) is 0 Å². The zero-order valence-electron chi connectivity index (χ0n) is 11.7. The summed E-state index contributed by atoms with van der Waals surface area (Å²) in [5.41, 5.74) is 1.60. The van der Waals surface area contributed by atoms with Gasteiger partial charge >= 0.3 is 5.97 Å². The van der Waals surface area contributed by atoms with Crippen LogP contribution in [0.3, 0.4) is 0 Å². The number of rotatable bonds is 4. The number of aromatic carboxylic acids is 1. The molecule has 8 heteroatoms. The quantitative estimate of drug-likeness (QED) is 0.746. The molecule has 1 N–H and O–H groups in total. The van der Waals surface area contributed by atoms with Crippen molar-refractivity contribution in [3.8, 4) is 22.8 Å². The molecule has 0 amide bonds. The highest BCUT2D eigenvalue weighted by Crippen LogP contribution is 2.40. The van der Waals surface area contributed by atoms with E-state index in [1.54, 1.807) is 18.6 Å². The molecule has 2 aromatic heterocycles. The predicted molar refractivity (Wildman–Crippen MR) is 86.3 cm³/mol. The maximum atomic E-state index is 11.1. The fraction of sp³-hybridized carbons (Fsp3) is 0.143. The molecule has 3 aromatic rings. The van der Waals surface area contributed by atoms with Crippen LogP contribution in [-0.2, 0) is 0 Å². The average molecular weight is 383 g/mol. The van der Waals surface area contributed by atoms with E-state index < -0.39 is 5.97 Å². The number of hydrogen-bond donors (Lipinski definition) is 1. The van der Waals surface area contributed by atoms with Crippen LogP contribution in [0, 0.1) is 0 Å². The number of benzene rings is 1. The summed E-state index contributed by atoms with van der Waals surface area (Å²) in [5, 5.41) is 11.0. The zero-order valence-corrected chi connectivity index (χ0v) is 14.1. The van der Waals surface area contributed by atoms with Crippen molar-refractivity contribution in [3.05, 3.63) is 33.9 Å². The smallest absolute Gasteiger partial charge is 0.356 e. The Morgan fingerprint density at radius 3 is 2.68 bits per heavy atom. The molecule has 1 aromatic carbocycles. The second kappa shape index (κ2) is 5.62. The van der Waals surface area contributed by atoms with Gasteiger partial charge in [-0.3, -0.25) is 4.40 Å². The second-order valence-corrected chi connectivity index (χ2v) is 6.08. The Hall–Kier alpha value is -2.06. The van der Waals surface area contributed by atoms with E-state index in [4.69, 9.17) is 14.6 Å².